The van der Waals surface area contributed by atoms with Crippen molar-refractivity contribution in [3.05, 3.63) is 104 Å². The van der Waals surface area contributed by atoms with E-state index in [1.54, 1.807) is 35.2 Å². The van der Waals surface area contributed by atoms with E-state index in [4.69, 9.17) is 46.4 Å². The minimum atomic E-state index is -0.718. The Kier molecular flexibility index (Phi) is 10.4. The lowest BCUT2D eigenvalue weighted by atomic mass is 9.94. The number of nitrogens with one attached hydrogen (secondary N) is 1. The SMILES string of the molecule is O=C(NC1CCCCC1)[C@@H](Cc1ccccc1)N(Cc1ccc(Cl)c(Cl)c1)C(=O)Cc1ccc(Cl)c(Cl)c1. The molecule has 1 fully saturated rings. The van der Waals surface area contributed by atoms with E-state index >= 15 is 0 Å². The van der Waals surface area contributed by atoms with Gasteiger partial charge >= 0.3 is 0 Å². The molecule has 0 bridgehead atoms. The summed E-state index contributed by atoms with van der Waals surface area (Å²) in [5.41, 5.74) is 2.47. The number of hydrogen-bond acceptors (Lipinski definition) is 2. The smallest absolute Gasteiger partial charge is 0.243 e. The van der Waals surface area contributed by atoms with Crippen LogP contribution in [0, 0.1) is 0 Å². The first-order chi connectivity index (χ1) is 18.3. The first kappa shape index (κ1) is 28.8. The van der Waals surface area contributed by atoms with Crippen molar-refractivity contribution in [2.45, 2.75) is 63.6 Å². The van der Waals surface area contributed by atoms with Crippen LogP contribution >= 0.6 is 46.4 Å². The third-order valence-corrected chi connectivity index (χ3v) is 8.38. The van der Waals surface area contributed by atoms with Gasteiger partial charge in [0.2, 0.25) is 11.8 Å². The Morgan fingerprint density at radius 1 is 0.763 bits per heavy atom. The minimum absolute atomic E-state index is 0.0697. The highest BCUT2D eigenvalue weighted by Crippen LogP contribution is 2.26. The van der Waals surface area contributed by atoms with Crippen LogP contribution < -0.4 is 5.32 Å². The predicted octanol–water partition coefficient (Wildman–Crippen LogP) is 7.93. The van der Waals surface area contributed by atoms with Crippen LogP contribution in [0.2, 0.25) is 20.1 Å². The quantitative estimate of drug-likeness (QED) is 0.275. The van der Waals surface area contributed by atoms with E-state index in [-0.39, 0.29) is 30.8 Å². The number of carbonyl (C=O) groups excluding carboxylic acids is 2. The number of carbonyl (C=O) groups is 2. The van der Waals surface area contributed by atoms with E-state index in [9.17, 15) is 9.59 Å². The third kappa shape index (κ3) is 7.89. The van der Waals surface area contributed by atoms with Crippen molar-refractivity contribution >= 4 is 58.2 Å². The first-order valence-electron chi connectivity index (χ1n) is 12.8. The first-order valence-corrected chi connectivity index (χ1v) is 14.3. The van der Waals surface area contributed by atoms with Crippen LogP contribution in [0.5, 0.6) is 0 Å². The second kappa shape index (κ2) is 13.7. The van der Waals surface area contributed by atoms with Gasteiger partial charge in [0.05, 0.1) is 26.5 Å². The molecule has 4 rings (SSSR count). The molecule has 8 heteroatoms. The third-order valence-electron chi connectivity index (χ3n) is 6.90. The summed E-state index contributed by atoms with van der Waals surface area (Å²) in [7, 11) is 0. The summed E-state index contributed by atoms with van der Waals surface area (Å²) in [4.78, 5) is 29.4. The maximum absolute atomic E-state index is 13.9. The zero-order chi connectivity index (χ0) is 27.1. The van der Waals surface area contributed by atoms with E-state index in [1.165, 1.54) is 6.42 Å². The maximum Gasteiger partial charge on any atom is 0.243 e. The highest BCUT2D eigenvalue weighted by Gasteiger charge is 2.32. The summed E-state index contributed by atoms with van der Waals surface area (Å²) >= 11 is 24.7. The summed E-state index contributed by atoms with van der Waals surface area (Å²) < 4.78 is 0. The van der Waals surface area contributed by atoms with Gasteiger partial charge in [-0.25, -0.2) is 0 Å². The summed E-state index contributed by atoms with van der Waals surface area (Å²) in [6.07, 6.45) is 5.73. The van der Waals surface area contributed by atoms with Crippen LogP contribution in [0.3, 0.4) is 0 Å². The Morgan fingerprint density at radius 2 is 1.37 bits per heavy atom. The molecule has 3 aromatic rings. The van der Waals surface area contributed by atoms with Gasteiger partial charge in [0.25, 0.3) is 0 Å². The van der Waals surface area contributed by atoms with Crippen molar-refractivity contribution in [1.29, 1.82) is 0 Å². The molecule has 1 aliphatic rings. The van der Waals surface area contributed by atoms with Crippen LogP contribution in [0.25, 0.3) is 0 Å². The Labute approximate surface area is 244 Å². The molecular formula is C30H30Cl4N2O2. The standard InChI is InChI=1S/C30H30Cl4N2O2/c31-24-13-11-21(15-26(24)33)18-29(37)36(19-22-12-14-25(32)27(34)16-22)28(17-20-7-3-1-4-8-20)30(38)35-23-9-5-2-6-10-23/h1,3-4,7-8,11-16,23,28H,2,5-6,9-10,17-19H2,(H,35,38)/t28-/m1/s1. The molecule has 0 spiro atoms. The Bertz CT molecular complexity index is 1260. The summed E-state index contributed by atoms with van der Waals surface area (Å²) in [6.45, 7) is 0.201. The van der Waals surface area contributed by atoms with Gasteiger partial charge in [0.15, 0.2) is 0 Å². The van der Waals surface area contributed by atoms with E-state index in [0.29, 0.717) is 26.5 Å². The van der Waals surface area contributed by atoms with Gasteiger partial charge < -0.3 is 10.2 Å². The van der Waals surface area contributed by atoms with Crippen molar-refractivity contribution in [3.8, 4) is 0 Å². The number of benzene rings is 3. The van der Waals surface area contributed by atoms with Gasteiger partial charge in [-0.15, -0.1) is 0 Å². The number of halogens is 4. The molecule has 1 saturated carbocycles. The van der Waals surface area contributed by atoms with Crippen LogP contribution in [-0.4, -0.2) is 28.8 Å². The van der Waals surface area contributed by atoms with Crippen molar-refractivity contribution in [2.24, 2.45) is 0 Å². The molecule has 0 radical (unpaired) electrons. The molecule has 200 valence electrons. The van der Waals surface area contributed by atoms with Crippen molar-refractivity contribution in [1.82, 2.24) is 10.2 Å². The summed E-state index contributed by atoms with van der Waals surface area (Å²) in [6, 6.07) is 19.6. The maximum atomic E-state index is 13.9. The molecule has 1 atom stereocenters. The fourth-order valence-electron chi connectivity index (χ4n) is 4.86. The van der Waals surface area contributed by atoms with Crippen LogP contribution in [-0.2, 0) is 29.0 Å². The van der Waals surface area contributed by atoms with E-state index in [2.05, 4.69) is 5.32 Å². The number of amides is 2. The highest BCUT2D eigenvalue weighted by atomic mass is 35.5. The van der Waals surface area contributed by atoms with E-state index in [1.807, 2.05) is 36.4 Å². The van der Waals surface area contributed by atoms with E-state index in [0.717, 1.165) is 42.4 Å². The van der Waals surface area contributed by atoms with Gasteiger partial charge in [-0.2, -0.15) is 0 Å². The van der Waals surface area contributed by atoms with Crippen molar-refractivity contribution < 1.29 is 9.59 Å². The fraction of sp³-hybridized carbons (Fsp3) is 0.333. The van der Waals surface area contributed by atoms with Gasteiger partial charge in [-0.1, -0.05) is 108 Å². The average molecular weight is 592 g/mol. The number of nitrogens with zero attached hydrogens (tertiary/aromatic N) is 1. The monoisotopic (exact) mass is 590 g/mol. The second-order valence-corrected chi connectivity index (χ2v) is 11.4. The van der Waals surface area contributed by atoms with Gasteiger partial charge in [0, 0.05) is 19.0 Å². The summed E-state index contributed by atoms with van der Waals surface area (Å²) in [5.74, 6) is -0.350. The van der Waals surface area contributed by atoms with Gasteiger partial charge in [0.1, 0.15) is 6.04 Å². The molecule has 0 heterocycles. The predicted molar refractivity (Wildman–Crippen MR) is 156 cm³/mol. The summed E-state index contributed by atoms with van der Waals surface area (Å²) in [5, 5.41) is 4.87. The Hall–Kier alpha value is -2.24. The molecule has 2 amide bonds. The van der Waals surface area contributed by atoms with Crippen molar-refractivity contribution in [3.63, 3.8) is 0 Å². The lowest BCUT2D eigenvalue weighted by molar-refractivity contribution is -0.141. The molecule has 1 N–H and O–H groups in total. The van der Waals surface area contributed by atoms with E-state index < -0.39 is 6.04 Å². The Morgan fingerprint density at radius 3 is 2.00 bits per heavy atom. The molecule has 3 aromatic carbocycles. The Balaban J connectivity index is 1.67. The lowest BCUT2D eigenvalue weighted by Crippen LogP contribution is -2.53. The zero-order valence-electron chi connectivity index (χ0n) is 20.9. The largest absolute Gasteiger partial charge is 0.352 e. The van der Waals surface area contributed by atoms with Crippen LogP contribution in [0.4, 0.5) is 0 Å². The number of hydrogen-bond donors (Lipinski definition) is 1. The highest BCUT2D eigenvalue weighted by molar-refractivity contribution is 6.42. The lowest BCUT2D eigenvalue weighted by Gasteiger charge is -2.33. The van der Waals surface area contributed by atoms with Gasteiger partial charge in [-0.3, -0.25) is 9.59 Å². The average Bonchev–Trinajstić information content (AvgIpc) is 2.91. The zero-order valence-corrected chi connectivity index (χ0v) is 24.0. The molecule has 0 unspecified atom stereocenters. The van der Waals surface area contributed by atoms with Crippen LogP contribution in [0.15, 0.2) is 66.7 Å². The topological polar surface area (TPSA) is 49.4 Å². The van der Waals surface area contributed by atoms with Crippen molar-refractivity contribution in [2.75, 3.05) is 0 Å². The molecular weight excluding hydrogens is 562 g/mol. The van der Waals surface area contributed by atoms with Gasteiger partial charge in [-0.05, 0) is 53.8 Å². The molecule has 38 heavy (non-hydrogen) atoms. The minimum Gasteiger partial charge on any atom is -0.352 e. The van der Waals surface area contributed by atoms with Crippen LogP contribution in [0.1, 0.15) is 48.8 Å². The number of rotatable bonds is 9. The molecule has 4 nitrogen and oxygen atoms in total. The molecule has 0 saturated heterocycles. The second-order valence-electron chi connectivity index (χ2n) is 9.74. The fourth-order valence-corrected chi connectivity index (χ4v) is 5.50. The molecule has 1 aliphatic carbocycles. The molecule has 0 aliphatic heterocycles. The molecule has 0 aromatic heterocycles. The normalized spacial score (nSPS) is 14.6.